The van der Waals surface area contributed by atoms with E-state index in [9.17, 15) is 4.39 Å². The number of nitrogens with zero attached hydrogens (tertiary/aromatic N) is 1. The molecule has 5 N–H and O–H groups in total. The lowest BCUT2D eigenvalue weighted by atomic mass is 9.80. The molecule has 0 aromatic heterocycles. The fourth-order valence-corrected chi connectivity index (χ4v) is 2.30. The summed E-state index contributed by atoms with van der Waals surface area (Å²) in [6.07, 6.45) is 5.30. The van der Waals surface area contributed by atoms with Crippen LogP contribution in [-0.2, 0) is 5.41 Å². The highest BCUT2D eigenvalue weighted by molar-refractivity contribution is 5.24. The van der Waals surface area contributed by atoms with E-state index in [4.69, 9.17) is 16.7 Å². The van der Waals surface area contributed by atoms with Gasteiger partial charge in [0.2, 0.25) is 0 Å². The zero-order valence-electron chi connectivity index (χ0n) is 16.3. The van der Waals surface area contributed by atoms with Gasteiger partial charge in [-0.05, 0) is 62.8 Å². The molecule has 0 aliphatic heterocycles. The van der Waals surface area contributed by atoms with Crippen LogP contribution >= 0.6 is 0 Å². The number of halogens is 1. The third-order valence-electron chi connectivity index (χ3n) is 3.98. The molecule has 0 radical (unpaired) electrons. The van der Waals surface area contributed by atoms with Gasteiger partial charge in [-0.15, -0.1) is 0 Å². The molecule has 0 atom stereocenters. The molecule has 1 aromatic carbocycles. The first-order valence-corrected chi connectivity index (χ1v) is 8.93. The Morgan fingerprint density at radius 1 is 1.20 bits per heavy atom. The third kappa shape index (κ3) is 11.8. The summed E-state index contributed by atoms with van der Waals surface area (Å²) >= 11 is 0. The van der Waals surface area contributed by atoms with E-state index in [1.54, 1.807) is 5.01 Å². The number of aliphatic hydroxyl groups is 1. The normalized spacial score (nSPS) is 11.1. The van der Waals surface area contributed by atoms with Crippen molar-refractivity contribution in [1.82, 2.24) is 5.01 Å². The highest BCUT2D eigenvalue weighted by atomic mass is 19.1. The fraction of sp³-hybridized carbons (Fsp3) is 0.600. The summed E-state index contributed by atoms with van der Waals surface area (Å²) in [6.45, 7) is 10.7. The van der Waals surface area contributed by atoms with Gasteiger partial charge in [0.25, 0.3) is 0 Å². The van der Waals surface area contributed by atoms with Crippen LogP contribution in [0.1, 0.15) is 52.5 Å². The Hall–Kier alpha value is -1.27. The molecule has 0 saturated heterocycles. The first kappa shape index (κ1) is 23.7. The number of benzene rings is 1. The predicted octanol–water partition coefficient (Wildman–Crippen LogP) is 3.35. The van der Waals surface area contributed by atoms with E-state index < -0.39 is 0 Å². The monoisotopic (exact) mass is 353 g/mol. The van der Waals surface area contributed by atoms with E-state index in [0.717, 1.165) is 25.8 Å². The van der Waals surface area contributed by atoms with Crippen LogP contribution in [0.2, 0.25) is 0 Å². The molecular formula is C20H36FN3O. The molecule has 4 nitrogen and oxygen atoms in total. The third-order valence-corrected chi connectivity index (χ3v) is 3.98. The van der Waals surface area contributed by atoms with Gasteiger partial charge in [-0.3, -0.25) is 5.84 Å². The van der Waals surface area contributed by atoms with E-state index in [0.29, 0.717) is 13.1 Å². The van der Waals surface area contributed by atoms with Crippen molar-refractivity contribution in [2.75, 3.05) is 26.2 Å². The smallest absolute Gasteiger partial charge is 0.123 e. The van der Waals surface area contributed by atoms with Gasteiger partial charge in [0.1, 0.15) is 5.82 Å². The van der Waals surface area contributed by atoms with E-state index in [-0.39, 0.29) is 17.8 Å². The van der Waals surface area contributed by atoms with Crippen molar-refractivity contribution in [2.24, 2.45) is 11.6 Å². The molecule has 0 spiro atoms. The molecule has 25 heavy (non-hydrogen) atoms. The van der Waals surface area contributed by atoms with Gasteiger partial charge in [0.15, 0.2) is 0 Å². The van der Waals surface area contributed by atoms with Crippen molar-refractivity contribution in [2.45, 2.75) is 52.4 Å². The largest absolute Gasteiger partial charge is 0.395 e. The molecule has 1 rings (SSSR count). The van der Waals surface area contributed by atoms with Crippen LogP contribution < -0.4 is 11.6 Å². The molecular weight excluding hydrogens is 317 g/mol. The van der Waals surface area contributed by atoms with E-state index in [1.807, 2.05) is 12.1 Å². The highest BCUT2D eigenvalue weighted by Crippen LogP contribution is 2.28. The lowest BCUT2D eigenvalue weighted by molar-refractivity contribution is 0.198. The topological polar surface area (TPSA) is 75.5 Å². The summed E-state index contributed by atoms with van der Waals surface area (Å²) in [4.78, 5) is 0. The van der Waals surface area contributed by atoms with Crippen molar-refractivity contribution >= 4 is 0 Å². The summed E-state index contributed by atoms with van der Waals surface area (Å²) in [5, 5.41) is 9.95. The van der Waals surface area contributed by atoms with Crippen molar-refractivity contribution < 1.29 is 9.50 Å². The maximum Gasteiger partial charge on any atom is 0.123 e. The molecule has 0 amide bonds. The van der Waals surface area contributed by atoms with Crippen LogP contribution in [0, 0.1) is 5.82 Å². The van der Waals surface area contributed by atoms with Crippen molar-refractivity contribution in [3.63, 3.8) is 0 Å². The zero-order valence-corrected chi connectivity index (χ0v) is 16.3. The van der Waals surface area contributed by atoms with Crippen LogP contribution in [0.3, 0.4) is 0 Å². The Bertz CT molecular complexity index is 482. The van der Waals surface area contributed by atoms with Gasteiger partial charge < -0.3 is 10.8 Å². The SMILES string of the molecule is CC(C)=CCCC(C)(C)c1ccc(F)cc1.NCCCN(N)CCO. The van der Waals surface area contributed by atoms with Crippen LogP contribution in [0.4, 0.5) is 4.39 Å². The van der Waals surface area contributed by atoms with Crippen molar-refractivity contribution in [1.29, 1.82) is 0 Å². The van der Waals surface area contributed by atoms with E-state index >= 15 is 0 Å². The molecule has 0 bridgehead atoms. The second-order valence-electron chi connectivity index (χ2n) is 7.11. The number of hydrogen-bond acceptors (Lipinski definition) is 4. The average Bonchev–Trinajstić information content (AvgIpc) is 2.53. The minimum Gasteiger partial charge on any atom is -0.395 e. The lowest BCUT2D eigenvalue weighted by Gasteiger charge is -2.24. The summed E-state index contributed by atoms with van der Waals surface area (Å²) in [5.74, 6) is 5.22. The lowest BCUT2D eigenvalue weighted by Crippen LogP contribution is -2.35. The number of rotatable bonds is 9. The maximum atomic E-state index is 12.8. The summed E-state index contributed by atoms with van der Waals surface area (Å²) in [5.41, 5.74) is 7.90. The van der Waals surface area contributed by atoms with E-state index in [2.05, 4.69) is 33.8 Å². The van der Waals surface area contributed by atoms with Crippen molar-refractivity contribution in [3.8, 4) is 0 Å². The fourth-order valence-electron chi connectivity index (χ4n) is 2.30. The standard InChI is InChI=1S/C15H21F.C5H15N3O/c1-12(2)6-5-11-15(3,4)13-7-9-14(16)10-8-13;6-2-1-3-8(7)4-5-9/h6-10H,5,11H2,1-4H3;9H,1-7H2. The van der Waals surface area contributed by atoms with Gasteiger partial charge >= 0.3 is 0 Å². The molecule has 0 aliphatic carbocycles. The Morgan fingerprint density at radius 3 is 2.28 bits per heavy atom. The molecule has 144 valence electrons. The minimum absolute atomic E-state index is 0.111. The van der Waals surface area contributed by atoms with Gasteiger partial charge in [-0.25, -0.2) is 9.40 Å². The first-order valence-electron chi connectivity index (χ1n) is 8.93. The van der Waals surface area contributed by atoms with Gasteiger partial charge in [0.05, 0.1) is 6.61 Å². The molecule has 0 fully saturated rings. The predicted molar refractivity (Wildman–Crippen MR) is 105 cm³/mol. The van der Waals surface area contributed by atoms with E-state index in [1.165, 1.54) is 23.3 Å². The minimum atomic E-state index is -0.163. The molecule has 0 heterocycles. The van der Waals surface area contributed by atoms with Crippen molar-refractivity contribution in [3.05, 3.63) is 47.3 Å². The summed E-state index contributed by atoms with van der Waals surface area (Å²) < 4.78 is 12.8. The maximum absolute atomic E-state index is 12.8. The van der Waals surface area contributed by atoms with Gasteiger partial charge in [-0.1, -0.05) is 37.6 Å². The second-order valence-corrected chi connectivity index (χ2v) is 7.11. The summed E-state index contributed by atoms with van der Waals surface area (Å²) in [6, 6.07) is 6.85. The Kier molecular flexibility index (Phi) is 12.3. The van der Waals surface area contributed by atoms with Crippen LogP contribution in [-0.4, -0.2) is 36.4 Å². The average molecular weight is 354 g/mol. The Balaban J connectivity index is 0.000000547. The molecule has 5 heteroatoms. The second kappa shape index (κ2) is 13.0. The van der Waals surface area contributed by atoms with Crippen LogP contribution in [0.5, 0.6) is 0 Å². The number of hydrazine groups is 1. The number of hydrogen-bond donors (Lipinski definition) is 3. The molecule has 1 aromatic rings. The van der Waals surface area contributed by atoms with Crippen LogP contribution in [0.25, 0.3) is 0 Å². The van der Waals surface area contributed by atoms with Gasteiger partial charge in [0, 0.05) is 13.1 Å². The number of allylic oxidation sites excluding steroid dienone is 2. The molecule has 0 unspecified atom stereocenters. The Labute approximate surface area is 152 Å². The molecule has 0 aliphatic rings. The Morgan fingerprint density at radius 2 is 1.80 bits per heavy atom. The number of aliphatic hydroxyl groups excluding tert-OH is 1. The first-order chi connectivity index (χ1) is 11.7. The van der Waals surface area contributed by atoms with Gasteiger partial charge in [-0.2, -0.15) is 0 Å². The quantitative estimate of drug-likeness (QED) is 0.361. The molecule has 0 saturated carbocycles. The summed E-state index contributed by atoms with van der Waals surface area (Å²) in [7, 11) is 0. The van der Waals surface area contributed by atoms with Crippen LogP contribution in [0.15, 0.2) is 35.9 Å². The zero-order chi connectivity index (χ0) is 19.3. The highest BCUT2D eigenvalue weighted by Gasteiger charge is 2.19. The number of nitrogens with two attached hydrogens (primary N) is 2.